The maximum atomic E-state index is 12.9. The number of benzene rings is 2. The van der Waals surface area contributed by atoms with E-state index in [0.29, 0.717) is 11.1 Å². The van der Waals surface area contributed by atoms with E-state index in [4.69, 9.17) is 4.74 Å². The van der Waals surface area contributed by atoms with Crippen molar-refractivity contribution in [3.63, 3.8) is 0 Å². The molecule has 2 aromatic rings. The summed E-state index contributed by atoms with van der Waals surface area (Å²) >= 11 is 0. The SMILES string of the molecule is COC(=O)C1(C#N)[C@@H](c2ccc(O)cc2)CC(=O)C[C@H]1c1ccc(O)cc1. The lowest BCUT2D eigenvalue weighted by atomic mass is 9.56. The topological polar surface area (TPSA) is 108 Å². The summed E-state index contributed by atoms with van der Waals surface area (Å²) in [7, 11) is 1.22. The number of ether oxygens (including phenoxy) is 1. The number of rotatable bonds is 3. The number of esters is 1. The molecule has 0 saturated heterocycles. The number of phenolic OH excluding ortho intramolecular Hbond substituents is 2. The normalized spacial score (nSPS) is 24.8. The number of nitrogens with zero attached hydrogens (tertiary/aromatic N) is 1. The molecule has 0 amide bonds. The summed E-state index contributed by atoms with van der Waals surface area (Å²) in [6, 6.07) is 14.5. The number of methoxy groups -OCH3 is 1. The number of Topliss-reactive ketones (excluding diaryl/α,β-unsaturated/α-hetero) is 1. The molecule has 1 saturated carbocycles. The van der Waals surface area contributed by atoms with E-state index < -0.39 is 23.2 Å². The zero-order valence-corrected chi connectivity index (χ0v) is 14.8. The average Bonchev–Trinajstić information content (AvgIpc) is 2.68. The molecule has 138 valence electrons. The second kappa shape index (κ2) is 7.12. The van der Waals surface area contributed by atoms with E-state index in [-0.39, 0.29) is 30.1 Å². The van der Waals surface area contributed by atoms with E-state index in [9.17, 15) is 25.1 Å². The van der Waals surface area contributed by atoms with Crippen LogP contribution in [0.4, 0.5) is 0 Å². The number of hydrogen-bond acceptors (Lipinski definition) is 6. The van der Waals surface area contributed by atoms with Gasteiger partial charge in [0.2, 0.25) is 0 Å². The van der Waals surface area contributed by atoms with Crippen molar-refractivity contribution in [2.75, 3.05) is 7.11 Å². The molecule has 0 heterocycles. The van der Waals surface area contributed by atoms with Gasteiger partial charge in [-0.2, -0.15) is 5.26 Å². The Kier molecular flexibility index (Phi) is 4.87. The Balaban J connectivity index is 2.20. The Morgan fingerprint density at radius 1 is 1.00 bits per heavy atom. The second-order valence-electron chi connectivity index (χ2n) is 6.71. The van der Waals surface area contributed by atoms with Gasteiger partial charge in [0.1, 0.15) is 17.3 Å². The molecular formula is C21H19NO5. The van der Waals surface area contributed by atoms with E-state index >= 15 is 0 Å². The van der Waals surface area contributed by atoms with Crippen LogP contribution in [0.25, 0.3) is 0 Å². The average molecular weight is 365 g/mol. The molecule has 27 heavy (non-hydrogen) atoms. The van der Waals surface area contributed by atoms with Crippen LogP contribution in [-0.2, 0) is 14.3 Å². The summed E-state index contributed by atoms with van der Waals surface area (Å²) in [6.45, 7) is 0. The van der Waals surface area contributed by atoms with Gasteiger partial charge in [0, 0.05) is 24.7 Å². The van der Waals surface area contributed by atoms with Crippen molar-refractivity contribution in [3.8, 4) is 17.6 Å². The summed E-state index contributed by atoms with van der Waals surface area (Å²) in [5.41, 5.74) is -0.385. The van der Waals surface area contributed by atoms with Crippen LogP contribution in [0, 0.1) is 16.7 Å². The van der Waals surface area contributed by atoms with Crippen molar-refractivity contribution in [1.82, 2.24) is 0 Å². The Labute approximate surface area is 156 Å². The number of ketones is 1. The maximum absolute atomic E-state index is 12.9. The highest BCUT2D eigenvalue weighted by molar-refractivity contribution is 5.90. The smallest absolute Gasteiger partial charge is 0.327 e. The predicted octanol–water partition coefficient (Wildman–Crippen LogP) is 3.01. The van der Waals surface area contributed by atoms with Crippen molar-refractivity contribution < 1.29 is 24.5 Å². The van der Waals surface area contributed by atoms with Gasteiger partial charge in [0.15, 0.2) is 5.41 Å². The van der Waals surface area contributed by atoms with E-state index in [2.05, 4.69) is 6.07 Å². The first kappa shape index (κ1) is 18.5. The molecule has 0 radical (unpaired) electrons. The second-order valence-corrected chi connectivity index (χ2v) is 6.71. The van der Waals surface area contributed by atoms with Crippen LogP contribution in [0.2, 0.25) is 0 Å². The highest BCUT2D eigenvalue weighted by atomic mass is 16.5. The Bertz CT molecular complexity index is 838. The lowest BCUT2D eigenvalue weighted by Crippen LogP contribution is -2.47. The first-order valence-corrected chi connectivity index (χ1v) is 8.51. The molecule has 1 fully saturated rings. The van der Waals surface area contributed by atoms with Crippen molar-refractivity contribution in [2.45, 2.75) is 24.7 Å². The number of nitriles is 1. The molecule has 2 aromatic carbocycles. The highest BCUT2D eigenvalue weighted by Crippen LogP contribution is 2.54. The quantitative estimate of drug-likeness (QED) is 0.810. The van der Waals surface area contributed by atoms with Gasteiger partial charge < -0.3 is 14.9 Å². The van der Waals surface area contributed by atoms with Crippen LogP contribution in [0.5, 0.6) is 11.5 Å². The molecule has 0 spiro atoms. The first-order chi connectivity index (χ1) is 12.9. The molecule has 1 aliphatic rings. The minimum atomic E-state index is -1.60. The number of phenols is 2. The molecule has 3 atom stereocenters. The van der Waals surface area contributed by atoms with Gasteiger partial charge in [-0.1, -0.05) is 24.3 Å². The lowest BCUT2D eigenvalue weighted by molar-refractivity contribution is -0.154. The fraction of sp³-hybridized carbons (Fsp3) is 0.286. The summed E-state index contributed by atoms with van der Waals surface area (Å²) in [5, 5.41) is 29.3. The van der Waals surface area contributed by atoms with Crippen LogP contribution in [0.3, 0.4) is 0 Å². The molecule has 0 aromatic heterocycles. The molecule has 6 nitrogen and oxygen atoms in total. The number of hydrogen-bond donors (Lipinski definition) is 2. The lowest BCUT2D eigenvalue weighted by Gasteiger charge is -2.42. The van der Waals surface area contributed by atoms with Crippen molar-refractivity contribution in [3.05, 3.63) is 59.7 Å². The monoisotopic (exact) mass is 365 g/mol. The zero-order valence-electron chi connectivity index (χ0n) is 14.8. The Morgan fingerprint density at radius 3 is 1.74 bits per heavy atom. The number of carbonyl (C=O) groups is 2. The highest BCUT2D eigenvalue weighted by Gasteiger charge is 2.58. The third-order valence-electron chi connectivity index (χ3n) is 5.26. The van der Waals surface area contributed by atoms with Gasteiger partial charge in [-0.3, -0.25) is 9.59 Å². The largest absolute Gasteiger partial charge is 0.508 e. The summed E-state index contributed by atoms with van der Waals surface area (Å²) in [5.74, 6) is -2.09. The summed E-state index contributed by atoms with van der Waals surface area (Å²) in [6.07, 6.45) is 0.0596. The Morgan fingerprint density at radius 2 is 1.41 bits per heavy atom. The van der Waals surface area contributed by atoms with Crippen molar-refractivity contribution in [1.29, 1.82) is 5.26 Å². The van der Waals surface area contributed by atoms with E-state index in [1.54, 1.807) is 24.3 Å². The zero-order chi connectivity index (χ0) is 19.6. The molecule has 2 N–H and O–H groups in total. The van der Waals surface area contributed by atoms with Gasteiger partial charge >= 0.3 is 5.97 Å². The van der Waals surface area contributed by atoms with E-state index in [1.807, 2.05) is 0 Å². The standard InChI is InChI=1S/C21H19NO5/c1-27-20(26)21(12-22)18(13-2-6-15(23)7-3-13)10-17(25)11-19(21)14-4-8-16(24)9-5-14/h2-9,18-19,23-24H,10-11H2,1H3/t18-,19+,21?. The van der Waals surface area contributed by atoms with Gasteiger partial charge in [0.05, 0.1) is 13.2 Å². The van der Waals surface area contributed by atoms with Gasteiger partial charge in [-0.15, -0.1) is 0 Å². The molecule has 0 aliphatic heterocycles. The fourth-order valence-electron chi connectivity index (χ4n) is 3.93. The minimum absolute atomic E-state index is 0.0298. The maximum Gasteiger partial charge on any atom is 0.327 e. The molecule has 1 aliphatic carbocycles. The molecule has 6 heteroatoms. The molecule has 0 bridgehead atoms. The van der Waals surface area contributed by atoms with Crippen LogP contribution in [0.15, 0.2) is 48.5 Å². The van der Waals surface area contributed by atoms with Crippen molar-refractivity contribution in [2.24, 2.45) is 5.41 Å². The van der Waals surface area contributed by atoms with Crippen LogP contribution >= 0.6 is 0 Å². The van der Waals surface area contributed by atoms with Gasteiger partial charge in [0.25, 0.3) is 0 Å². The van der Waals surface area contributed by atoms with Gasteiger partial charge in [-0.25, -0.2) is 0 Å². The fourth-order valence-corrected chi connectivity index (χ4v) is 3.93. The van der Waals surface area contributed by atoms with E-state index in [1.165, 1.54) is 31.4 Å². The van der Waals surface area contributed by atoms with Crippen molar-refractivity contribution >= 4 is 11.8 Å². The third-order valence-corrected chi connectivity index (χ3v) is 5.26. The number of carbonyl (C=O) groups excluding carboxylic acids is 2. The van der Waals surface area contributed by atoms with Crippen LogP contribution in [-0.4, -0.2) is 29.1 Å². The minimum Gasteiger partial charge on any atom is -0.508 e. The van der Waals surface area contributed by atoms with Crippen LogP contribution < -0.4 is 0 Å². The summed E-state index contributed by atoms with van der Waals surface area (Å²) < 4.78 is 5.00. The molecule has 3 rings (SSSR count). The Hall–Kier alpha value is -3.33. The third kappa shape index (κ3) is 3.13. The van der Waals surface area contributed by atoms with Gasteiger partial charge in [-0.05, 0) is 35.4 Å². The van der Waals surface area contributed by atoms with E-state index in [0.717, 1.165) is 0 Å². The molecular weight excluding hydrogens is 346 g/mol. The van der Waals surface area contributed by atoms with Crippen LogP contribution in [0.1, 0.15) is 35.8 Å². The number of aromatic hydroxyl groups is 2. The first-order valence-electron chi connectivity index (χ1n) is 8.51. The molecule has 1 unspecified atom stereocenters. The predicted molar refractivity (Wildman–Crippen MR) is 96.0 cm³/mol. The summed E-state index contributed by atoms with van der Waals surface area (Å²) in [4.78, 5) is 25.4.